The number of Topliss-reactive ketones (excluding diaryl/α,β-unsaturated/α-hetero) is 1. The zero-order chi connectivity index (χ0) is 11.7. The molecule has 1 nitrogen and oxygen atoms in total. The van der Waals surface area contributed by atoms with E-state index < -0.39 is 0 Å². The topological polar surface area (TPSA) is 17.1 Å². The molecule has 1 aliphatic carbocycles. The number of rotatable bonds is 2. The summed E-state index contributed by atoms with van der Waals surface area (Å²) in [5, 5.41) is 0. The van der Waals surface area contributed by atoms with Crippen LogP contribution in [0.5, 0.6) is 0 Å². The van der Waals surface area contributed by atoms with Gasteiger partial charge in [-0.2, -0.15) is 0 Å². The number of benzene rings is 1. The molecule has 2 unspecified atom stereocenters. The van der Waals surface area contributed by atoms with Crippen LogP contribution in [-0.4, -0.2) is 5.78 Å². The number of fused-ring (bicyclic) bond motifs is 1. The monoisotopic (exact) mass is 214 g/mol. The molecule has 0 saturated heterocycles. The first-order chi connectivity index (χ1) is 7.63. The molecule has 16 heavy (non-hydrogen) atoms. The van der Waals surface area contributed by atoms with Crippen LogP contribution in [0.15, 0.2) is 30.4 Å². The summed E-state index contributed by atoms with van der Waals surface area (Å²) in [4.78, 5) is 11.3. The number of hydrogen-bond acceptors (Lipinski definition) is 1. The smallest absolute Gasteiger partial charge is 0.159 e. The quantitative estimate of drug-likeness (QED) is 0.541. The summed E-state index contributed by atoms with van der Waals surface area (Å²) in [6.07, 6.45) is 5.47. The Hall–Kier alpha value is -1.37. The van der Waals surface area contributed by atoms with Crippen LogP contribution < -0.4 is 0 Å². The van der Waals surface area contributed by atoms with Crippen LogP contribution in [0.2, 0.25) is 0 Å². The van der Waals surface area contributed by atoms with E-state index in [1.54, 1.807) is 6.92 Å². The second-order valence-corrected chi connectivity index (χ2v) is 4.65. The van der Waals surface area contributed by atoms with Crippen LogP contribution in [0, 0.1) is 5.92 Å². The van der Waals surface area contributed by atoms with Gasteiger partial charge in [-0.15, -0.1) is 0 Å². The molecule has 0 spiro atoms. The fourth-order valence-corrected chi connectivity index (χ4v) is 2.59. The van der Waals surface area contributed by atoms with Gasteiger partial charge in [0.1, 0.15) is 0 Å². The Labute approximate surface area is 97.2 Å². The number of allylic oxidation sites excluding steroid dienone is 2. The van der Waals surface area contributed by atoms with Crippen molar-refractivity contribution in [2.75, 3.05) is 0 Å². The van der Waals surface area contributed by atoms with Crippen molar-refractivity contribution < 1.29 is 4.79 Å². The van der Waals surface area contributed by atoms with Gasteiger partial charge in [-0.25, -0.2) is 0 Å². The van der Waals surface area contributed by atoms with Gasteiger partial charge >= 0.3 is 0 Å². The minimum absolute atomic E-state index is 0.157. The molecule has 0 radical (unpaired) electrons. The Balaban J connectivity index is 2.36. The molecule has 0 bridgehead atoms. The molecular formula is C15H18O. The van der Waals surface area contributed by atoms with Crippen LogP contribution in [0.3, 0.4) is 0 Å². The lowest BCUT2D eigenvalue weighted by Crippen LogP contribution is -1.99. The summed E-state index contributed by atoms with van der Waals surface area (Å²) in [7, 11) is 0. The van der Waals surface area contributed by atoms with E-state index in [0.717, 1.165) is 12.0 Å². The maximum atomic E-state index is 11.3. The normalized spacial score (nSPS) is 23.7. The third-order valence-corrected chi connectivity index (χ3v) is 3.58. The summed E-state index contributed by atoms with van der Waals surface area (Å²) in [5.41, 5.74) is 3.60. The molecule has 0 aromatic heterocycles. The first kappa shape index (κ1) is 11.1. The fraction of sp³-hybridized carbons (Fsp3) is 0.400. The molecule has 1 aromatic carbocycles. The van der Waals surface area contributed by atoms with Gasteiger partial charge in [0.2, 0.25) is 0 Å². The maximum Gasteiger partial charge on any atom is 0.159 e. The second kappa shape index (κ2) is 4.25. The van der Waals surface area contributed by atoms with Gasteiger partial charge in [-0.05, 0) is 49.3 Å². The van der Waals surface area contributed by atoms with Gasteiger partial charge in [0.15, 0.2) is 5.78 Å². The molecule has 0 fully saturated rings. The van der Waals surface area contributed by atoms with Crippen LogP contribution >= 0.6 is 0 Å². The Morgan fingerprint density at radius 1 is 1.44 bits per heavy atom. The first-order valence-corrected chi connectivity index (χ1v) is 5.90. The van der Waals surface area contributed by atoms with Crippen molar-refractivity contribution in [1.29, 1.82) is 0 Å². The van der Waals surface area contributed by atoms with E-state index in [-0.39, 0.29) is 5.78 Å². The van der Waals surface area contributed by atoms with Crippen LogP contribution in [0.25, 0.3) is 0 Å². The van der Waals surface area contributed by atoms with E-state index in [2.05, 4.69) is 38.1 Å². The minimum atomic E-state index is 0.157. The average Bonchev–Trinajstić information content (AvgIpc) is 2.56. The molecular weight excluding hydrogens is 196 g/mol. The molecule has 1 heteroatoms. The Bertz CT molecular complexity index is 443. The van der Waals surface area contributed by atoms with Crippen molar-refractivity contribution in [1.82, 2.24) is 0 Å². The van der Waals surface area contributed by atoms with E-state index in [4.69, 9.17) is 0 Å². The molecule has 1 aliphatic rings. The second-order valence-electron chi connectivity index (χ2n) is 4.65. The SMILES string of the molecule is CC=CC1Cc2cc(C(C)=O)ccc2C1C. The molecule has 1 aromatic rings. The summed E-state index contributed by atoms with van der Waals surface area (Å²) < 4.78 is 0. The standard InChI is InChI=1S/C15H18O/c1-4-5-12-8-14-9-13(11(3)16)6-7-15(14)10(12)2/h4-7,9-10,12H,8H2,1-3H3. The lowest BCUT2D eigenvalue weighted by Gasteiger charge is -2.10. The zero-order valence-corrected chi connectivity index (χ0v) is 10.2. The van der Waals surface area contributed by atoms with Crippen molar-refractivity contribution in [2.24, 2.45) is 5.92 Å². The van der Waals surface area contributed by atoms with Crippen molar-refractivity contribution >= 4 is 5.78 Å². The van der Waals surface area contributed by atoms with E-state index in [1.807, 2.05) is 6.07 Å². The van der Waals surface area contributed by atoms with E-state index in [1.165, 1.54) is 11.1 Å². The molecule has 0 heterocycles. The van der Waals surface area contributed by atoms with Crippen molar-refractivity contribution in [2.45, 2.75) is 33.1 Å². The highest BCUT2D eigenvalue weighted by atomic mass is 16.1. The zero-order valence-electron chi connectivity index (χ0n) is 10.2. The number of carbonyl (C=O) groups excluding carboxylic acids is 1. The highest BCUT2D eigenvalue weighted by Gasteiger charge is 2.27. The first-order valence-electron chi connectivity index (χ1n) is 5.90. The molecule has 2 rings (SSSR count). The highest BCUT2D eigenvalue weighted by Crippen LogP contribution is 2.38. The predicted octanol–water partition coefficient (Wildman–Crippen LogP) is 3.74. The Morgan fingerprint density at radius 3 is 2.81 bits per heavy atom. The third kappa shape index (κ3) is 1.82. The largest absolute Gasteiger partial charge is 0.295 e. The minimum Gasteiger partial charge on any atom is -0.295 e. The fourth-order valence-electron chi connectivity index (χ4n) is 2.59. The predicted molar refractivity (Wildman–Crippen MR) is 66.9 cm³/mol. The number of carbonyl (C=O) groups is 1. The molecule has 0 amide bonds. The molecule has 0 saturated carbocycles. The summed E-state index contributed by atoms with van der Waals surface area (Å²) in [6, 6.07) is 6.15. The Morgan fingerprint density at radius 2 is 2.19 bits per heavy atom. The van der Waals surface area contributed by atoms with E-state index in [0.29, 0.717) is 11.8 Å². The van der Waals surface area contributed by atoms with Crippen LogP contribution in [-0.2, 0) is 6.42 Å². The highest BCUT2D eigenvalue weighted by molar-refractivity contribution is 5.94. The van der Waals surface area contributed by atoms with Crippen molar-refractivity contribution in [3.05, 3.63) is 47.0 Å². The van der Waals surface area contributed by atoms with Crippen molar-refractivity contribution in [3.8, 4) is 0 Å². The number of ketones is 1. The lowest BCUT2D eigenvalue weighted by molar-refractivity contribution is 0.101. The summed E-state index contributed by atoms with van der Waals surface area (Å²) in [6.45, 7) is 5.96. The number of hydrogen-bond donors (Lipinski definition) is 0. The molecule has 0 aliphatic heterocycles. The lowest BCUT2D eigenvalue weighted by atomic mass is 9.94. The van der Waals surface area contributed by atoms with Crippen LogP contribution in [0.1, 0.15) is 48.2 Å². The molecule has 0 N–H and O–H groups in total. The average molecular weight is 214 g/mol. The Kier molecular flexibility index (Phi) is 2.95. The van der Waals surface area contributed by atoms with Gasteiger partial charge in [0, 0.05) is 5.56 Å². The van der Waals surface area contributed by atoms with Crippen molar-refractivity contribution in [3.63, 3.8) is 0 Å². The molecule has 84 valence electrons. The maximum absolute atomic E-state index is 11.3. The third-order valence-electron chi connectivity index (χ3n) is 3.58. The molecule has 2 atom stereocenters. The van der Waals surface area contributed by atoms with Gasteiger partial charge in [-0.3, -0.25) is 4.79 Å². The summed E-state index contributed by atoms with van der Waals surface area (Å²) >= 11 is 0. The summed E-state index contributed by atoms with van der Waals surface area (Å²) in [5.74, 6) is 1.33. The van der Waals surface area contributed by atoms with Gasteiger partial charge in [0.05, 0.1) is 0 Å². The van der Waals surface area contributed by atoms with Gasteiger partial charge in [0.25, 0.3) is 0 Å². The van der Waals surface area contributed by atoms with Gasteiger partial charge in [-0.1, -0.05) is 31.2 Å². The van der Waals surface area contributed by atoms with E-state index in [9.17, 15) is 4.79 Å². The van der Waals surface area contributed by atoms with E-state index >= 15 is 0 Å². The van der Waals surface area contributed by atoms with Gasteiger partial charge < -0.3 is 0 Å². The van der Waals surface area contributed by atoms with Crippen LogP contribution in [0.4, 0.5) is 0 Å².